The fourth-order valence-corrected chi connectivity index (χ4v) is 2.05. The molecular weight excluding hydrogens is 259 g/mol. The Morgan fingerprint density at radius 2 is 2.20 bits per heavy atom. The summed E-state index contributed by atoms with van der Waals surface area (Å²) >= 11 is 0. The van der Waals surface area contributed by atoms with Crippen molar-refractivity contribution in [1.29, 1.82) is 0 Å². The van der Waals surface area contributed by atoms with Gasteiger partial charge in [-0.1, -0.05) is 6.92 Å². The van der Waals surface area contributed by atoms with E-state index < -0.39 is 11.8 Å². The second-order valence-corrected chi connectivity index (χ2v) is 4.55. The van der Waals surface area contributed by atoms with Crippen molar-refractivity contribution in [3.05, 3.63) is 53.6 Å². The number of carboxylic acid groups (broad SMARTS) is 1. The SMILES string of the molecule is CCCn1cccc1CNc1cc(C(=O)O)ccc1F. The van der Waals surface area contributed by atoms with Crippen LogP contribution in [0.1, 0.15) is 29.4 Å². The Morgan fingerprint density at radius 1 is 1.40 bits per heavy atom. The van der Waals surface area contributed by atoms with E-state index in [1.165, 1.54) is 12.1 Å². The van der Waals surface area contributed by atoms with Gasteiger partial charge in [-0.15, -0.1) is 0 Å². The summed E-state index contributed by atoms with van der Waals surface area (Å²) in [5.41, 5.74) is 1.30. The highest BCUT2D eigenvalue weighted by molar-refractivity contribution is 5.88. The molecule has 4 nitrogen and oxygen atoms in total. The van der Waals surface area contributed by atoms with Gasteiger partial charge in [0.2, 0.25) is 0 Å². The number of benzene rings is 1. The first-order valence-corrected chi connectivity index (χ1v) is 6.52. The minimum absolute atomic E-state index is 0.0674. The highest BCUT2D eigenvalue weighted by Gasteiger charge is 2.09. The summed E-state index contributed by atoms with van der Waals surface area (Å²) in [6.07, 6.45) is 3.00. The second-order valence-electron chi connectivity index (χ2n) is 4.55. The van der Waals surface area contributed by atoms with Gasteiger partial charge in [-0.3, -0.25) is 0 Å². The van der Waals surface area contributed by atoms with Gasteiger partial charge in [-0.25, -0.2) is 9.18 Å². The van der Waals surface area contributed by atoms with Gasteiger partial charge in [0.1, 0.15) is 5.82 Å². The predicted molar refractivity (Wildman–Crippen MR) is 75.4 cm³/mol. The highest BCUT2D eigenvalue weighted by atomic mass is 19.1. The van der Waals surface area contributed by atoms with E-state index in [0.717, 1.165) is 24.7 Å². The lowest BCUT2D eigenvalue weighted by molar-refractivity contribution is 0.0697. The maximum absolute atomic E-state index is 13.6. The first kappa shape index (κ1) is 14.1. The van der Waals surface area contributed by atoms with Crippen molar-refractivity contribution in [3.8, 4) is 0 Å². The smallest absolute Gasteiger partial charge is 0.335 e. The molecule has 0 saturated heterocycles. The zero-order chi connectivity index (χ0) is 14.5. The molecule has 5 heteroatoms. The van der Waals surface area contributed by atoms with Crippen molar-refractivity contribution in [2.45, 2.75) is 26.4 Å². The number of carboxylic acids is 1. The van der Waals surface area contributed by atoms with E-state index in [2.05, 4.69) is 16.8 Å². The van der Waals surface area contributed by atoms with Gasteiger partial charge < -0.3 is 15.0 Å². The predicted octanol–water partition coefficient (Wildman–Crippen LogP) is 3.35. The molecule has 2 aromatic rings. The summed E-state index contributed by atoms with van der Waals surface area (Å²) in [6.45, 7) is 3.45. The molecule has 20 heavy (non-hydrogen) atoms. The van der Waals surface area contributed by atoms with Crippen LogP contribution in [0.4, 0.5) is 10.1 Å². The molecule has 106 valence electrons. The molecular formula is C15H17FN2O2. The number of rotatable bonds is 6. The van der Waals surface area contributed by atoms with Gasteiger partial charge in [0.25, 0.3) is 0 Å². The van der Waals surface area contributed by atoms with Crippen molar-refractivity contribution in [3.63, 3.8) is 0 Å². The Morgan fingerprint density at radius 3 is 2.90 bits per heavy atom. The zero-order valence-electron chi connectivity index (χ0n) is 11.3. The van der Waals surface area contributed by atoms with Crippen LogP contribution in [0.3, 0.4) is 0 Å². The summed E-state index contributed by atoms with van der Waals surface area (Å²) in [6, 6.07) is 7.63. The summed E-state index contributed by atoms with van der Waals surface area (Å²) in [5, 5.41) is 11.9. The van der Waals surface area contributed by atoms with Crippen molar-refractivity contribution in [2.24, 2.45) is 0 Å². The third-order valence-electron chi connectivity index (χ3n) is 3.06. The van der Waals surface area contributed by atoms with Gasteiger partial charge in [0.15, 0.2) is 0 Å². The fourth-order valence-electron chi connectivity index (χ4n) is 2.05. The van der Waals surface area contributed by atoms with Crippen LogP contribution in [-0.2, 0) is 13.1 Å². The first-order valence-electron chi connectivity index (χ1n) is 6.52. The van der Waals surface area contributed by atoms with Crippen LogP contribution in [0.2, 0.25) is 0 Å². The lowest BCUT2D eigenvalue weighted by Gasteiger charge is -2.11. The van der Waals surface area contributed by atoms with E-state index >= 15 is 0 Å². The number of aryl methyl sites for hydroxylation is 1. The molecule has 0 fully saturated rings. The van der Waals surface area contributed by atoms with Gasteiger partial charge in [0.05, 0.1) is 17.8 Å². The standard InChI is InChI=1S/C15H17FN2O2/c1-2-7-18-8-3-4-12(18)10-17-14-9-11(15(19)20)5-6-13(14)16/h3-6,8-9,17H,2,7,10H2,1H3,(H,19,20). The number of nitrogens with zero attached hydrogens (tertiary/aromatic N) is 1. The normalized spacial score (nSPS) is 10.5. The molecule has 0 saturated carbocycles. The third kappa shape index (κ3) is 3.17. The summed E-state index contributed by atoms with van der Waals surface area (Å²) in [7, 11) is 0. The Balaban J connectivity index is 2.12. The summed E-state index contributed by atoms with van der Waals surface area (Å²) < 4.78 is 15.7. The Kier molecular flexibility index (Phi) is 4.40. The number of hydrogen-bond acceptors (Lipinski definition) is 2. The highest BCUT2D eigenvalue weighted by Crippen LogP contribution is 2.17. The molecule has 0 unspecified atom stereocenters. The van der Waals surface area contributed by atoms with Gasteiger partial charge in [-0.05, 0) is 36.8 Å². The van der Waals surface area contributed by atoms with Crippen molar-refractivity contribution >= 4 is 11.7 Å². The topological polar surface area (TPSA) is 54.3 Å². The molecule has 2 rings (SSSR count). The van der Waals surface area contributed by atoms with Crippen LogP contribution in [-0.4, -0.2) is 15.6 Å². The molecule has 0 amide bonds. The molecule has 0 aliphatic heterocycles. The number of halogens is 1. The molecule has 0 bridgehead atoms. The fraction of sp³-hybridized carbons (Fsp3) is 0.267. The number of anilines is 1. The van der Waals surface area contributed by atoms with Gasteiger partial charge >= 0.3 is 5.97 Å². The van der Waals surface area contributed by atoms with Crippen LogP contribution in [0, 0.1) is 5.82 Å². The zero-order valence-corrected chi connectivity index (χ0v) is 11.3. The van der Waals surface area contributed by atoms with E-state index in [0.29, 0.717) is 6.54 Å². The molecule has 0 aliphatic carbocycles. The summed E-state index contributed by atoms with van der Waals surface area (Å²) in [4.78, 5) is 10.9. The Hall–Kier alpha value is -2.30. The molecule has 0 atom stereocenters. The lowest BCUT2D eigenvalue weighted by Crippen LogP contribution is -2.08. The Labute approximate surface area is 116 Å². The van der Waals surface area contributed by atoms with Crippen molar-refractivity contribution in [2.75, 3.05) is 5.32 Å². The molecule has 0 aliphatic rings. The number of carbonyl (C=O) groups is 1. The first-order chi connectivity index (χ1) is 9.61. The molecule has 1 aromatic heterocycles. The van der Waals surface area contributed by atoms with E-state index in [4.69, 9.17) is 5.11 Å². The molecule has 1 aromatic carbocycles. The Bertz CT molecular complexity index is 608. The third-order valence-corrected chi connectivity index (χ3v) is 3.06. The van der Waals surface area contributed by atoms with Gasteiger partial charge in [0, 0.05) is 18.4 Å². The van der Waals surface area contributed by atoms with E-state index in [9.17, 15) is 9.18 Å². The van der Waals surface area contributed by atoms with Crippen molar-refractivity contribution in [1.82, 2.24) is 4.57 Å². The minimum Gasteiger partial charge on any atom is -0.478 e. The largest absolute Gasteiger partial charge is 0.478 e. The monoisotopic (exact) mass is 276 g/mol. The quantitative estimate of drug-likeness (QED) is 0.850. The average molecular weight is 276 g/mol. The minimum atomic E-state index is -1.07. The molecule has 1 heterocycles. The van der Waals surface area contributed by atoms with Crippen LogP contribution in [0.25, 0.3) is 0 Å². The lowest BCUT2D eigenvalue weighted by atomic mass is 10.2. The second kappa shape index (κ2) is 6.23. The van der Waals surface area contributed by atoms with Crippen molar-refractivity contribution < 1.29 is 14.3 Å². The van der Waals surface area contributed by atoms with Gasteiger partial charge in [-0.2, -0.15) is 0 Å². The average Bonchev–Trinajstić information content (AvgIpc) is 2.85. The van der Waals surface area contributed by atoms with E-state index in [-0.39, 0.29) is 11.3 Å². The van der Waals surface area contributed by atoms with Crippen LogP contribution in [0.15, 0.2) is 36.5 Å². The van der Waals surface area contributed by atoms with E-state index in [1.807, 2.05) is 18.3 Å². The molecule has 0 radical (unpaired) electrons. The number of nitrogens with one attached hydrogen (secondary N) is 1. The maximum atomic E-state index is 13.6. The van der Waals surface area contributed by atoms with E-state index in [1.54, 1.807) is 0 Å². The molecule has 2 N–H and O–H groups in total. The van der Waals surface area contributed by atoms with Crippen LogP contribution in [0.5, 0.6) is 0 Å². The number of aromatic carboxylic acids is 1. The van der Waals surface area contributed by atoms with Crippen LogP contribution >= 0.6 is 0 Å². The molecule has 0 spiro atoms. The maximum Gasteiger partial charge on any atom is 0.335 e. The van der Waals surface area contributed by atoms with Crippen LogP contribution < -0.4 is 5.32 Å². The summed E-state index contributed by atoms with van der Waals surface area (Å²) in [5.74, 6) is -1.52. The number of aromatic nitrogens is 1. The number of hydrogen-bond donors (Lipinski definition) is 2.